The first-order valence-corrected chi connectivity index (χ1v) is 9.32. The summed E-state index contributed by atoms with van der Waals surface area (Å²) in [5, 5.41) is 8.81. The van der Waals surface area contributed by atoms with Gasteiger partial charge in [0.15, 0.2) is 5.82 Å². The molecule has 0 aliphatic heterocycles. The first-order valence-electron chi connectivity index (χ1n) is 9.32. The Labute approximate surface area is 159 Å². The lowest BCUT2D eigenvalue weighted by Gasteiger charge is -2.06. The van der Waals surface area contributed by atoms with Crippen molar-refractivity contribution < 1.29 is 4.39 Å². The Balaban J connectivity index is 1.70. The number of unbranched alkanes of at least 4 members (excludes halogenated alkanes) is 3. The fraction of sp³-hybridized carbons (Fsp3) is 0.261. The van der Waals surface area contributed by atoms with Crippen LogP contribution in [0.1, 0.15) is 43.7 Å². The summed E-state index contributed by atoms with van der Waals surface area (Å²) in [5.41, 5.74) is 3.90. The van der Waals surface area contributed by atoms with E-state index < -0.39 is 5.82 Å². The Morgan fingerprint density at radius 1 is 0.889 bits per heavy atom. The predicted molar refractivity (Wildman–Crippen MR) is 105 cm³/mol. The topological polar surface area (TPSA) is 49.6 Å². The molecule has 0 radical (unpaired) electrons. The van der Waals surface area contributed by atoms with Crippen molar-refractivity contribution in [3.63, 3.8) is 0 Å². The maximum absolute atomic E-state index is 13.8. The second-order valence-electron chi connectivity index (χ2n) is 6.61. The van der Waals surface area contributed by atoms with Crippen LogP contribution >= 0.6 is 0 Å². The third-order valence-electron chi connectivity index (χ3n) is 4.61. The SMILES string of the molecule is CCCCCCc1ccc(-c2cnc(-c3ccc(C#N)c(F)c3)nc2)cc1. The first-order chi connectivity index (χ1) is 13.2. The molecule has 4 heteroatoms. The zero-order valence-electron chi connectivity index (χ0n) is 15.5. The summed E-state index contributed by atoms with van der Waals surface area (Å²) in [6.45, 7) is 2.22. The van der Waals surface area contributed by atoms with Gasteiger partial charge in [-0.2, -0.15) is 5.26 Å². The second kappa shape index (κ2) is 9.05. The first kappa shape index (κ1) is 18.7. The summed E-state index contributed by atoms with van der Waals surface area (Å²) < 4.78 is 13.8. The van der Waals surface area contributed by atoms with Gasteiger partial charge in [0, 0.05) is 23.5 Å². The van der Waals surface area contributed by atoms with E-state index in [0.29, 0.717) is 11.4 Å². The van der Waals surface area contributed by atoms with Gasteiger partial charge in [-0.15, -0.1) is 0 Å². The molecule has 1 aromatic heterocycles. The molecule has 0 aliphatic rings. The van der Waals surface area contributed by atoms with Crippen molar-refractivity contribution in [1.29, 1.82) is 5.26 Å². The number of benzene rings is 2. The van der Waals surface area contributed by atoms with Crippen LogP contribution in [0, 0.1) is 17.1 Å². The molecule has 0 unspecified atom stereocenters. The Morgan fingerprint density at radius 3 is 2.22 bits per heavy atom. The lowest BCUT2D eigenvalue weighted by Crippen LogP contribution is -1.92. The van der Waals surface area contributed by atoms with Crippen LogP contribution in [0.4, 0.5) is 4.39 Å². The molecule has 0 bridgehead atoms. The lowest BCUT2D eigenvalue weighted by atomic mass is 10.0. The molecule has 27 heavy (non-hydrogen) atoms. The molecule has 0 atom stereocenters. The summed E-state index contributed by atoms with van der Waals surface area (Å²) in [4.78, 5) is 8.71. The summed E-state index contributed by atoms with van der Waals surface area (Å²) >= 11 is 0. The van der Waals surface area contributed by atoms with Crippen molar-refractivity contribution in [1.82, 2.24) is 9.97 Å². The normalized spacial score (nSPS) is 10.6. The molecule has 0 fully saturated rings. The summed E-state index contributed by atoms with van der Waals surface area (Å²) in [6, 6.07) is 14.7. The highest BCUT2D eigenvalue weighted by molar-refractivity contribution is 5.64. The molecule has 136 valence electrons. The smallest absolute Gasteiger partial charge is 0.159 e. The summed E-state index contributed by atoms with van der Waals surface area (Å²) in [7, 11) is 0. The molecule has 3 aromatic rings. The molecule has 2 aromatic carbocycles. The number of hydrogen-bond acceptors (Lipinski definition) is 3. The van der Waals surface area contributed by atoms with Crippen LogP contribution in [0.3, 0.4) is 0 Å². The van der Waals surface area contributed by atoms with Crippen molar-refractivity contribution in [3.8, 4) is 28.6 Å². The maximum atomic E-state index is 13.8. The monoisotopic (exact) mass is 359 g/mol. The molecule has 0 aliphatic carbocycles. The van der Waals surface area contributed by atoms with E-state index in [2.05, 4.69) is 41.2 Å². The Morgan fingerprint density at radius 2 is 1.59 bits per heavy atom. The van der Waals surface area contributed by atoms with E-state index in [4.69, 9.17) is 5.26 Å². The molecule has 3 rings (SSSR count). The lowest BCUT2D eigenvalue weighted by molar-refractivity contribution is 0.624. The van der Waals surface area contributed by atoms with Gasteiger partial charge >= 0.3 is 0 Å². The molecular weight excluding hydrogens is 337 g/mol. The van der Waals surface area contributed by atoms with Gasteiger partial charge in [0.25, 0.3) is 0 Å². The largest absolute Gasteiger partial charge is 0.236 e. The average Bonchev–Trinajstić information content (AvgIpc) is 2.72. The van der Waals surface area contributed by atoms with Gasteiger partial charge in [-0.25, -0.2) is 14.4 Å². The maximum Gasteiger partial charge on any atom is 0.159 e. The van der Waals surface area contributed by atoms with Gasteiger partial charge in [0.2, 0.25) is 0 Å². The Hall–Kier alpha value is -3.06. The molecule has 0 saturated carbocycles. The highest BCUT2D eigenvalue weighted by Gasteiger charge is 2.07. The quantitative estimate of drug-likeness (QED) is 0.490. The fourth-order valence-corrected chi connectivity index (χ4v) is 2.99. The van der Waals surface area contributed by atoms with E-state index in [1.807, 2.05) is 6.07 Å². The van der Waals surface area contributed by atoms with E-state index in [1.54, 1.807) is 18.5 Å². The van der Waals surface area contributed by atoms with Crippen LogP contribution in [0.15, 0.2) is 54.9 Å². The molecular formula is C23H22FN3. The van der Waals surface area contributed by atoms with Crippen LogP contribution in [-0.2, 0) is 6.42 Å². The van der Waals surface area contributed by atoms with Crippen molar-refractivity contribution >= 4 is 0 Å². The third-order valence-corrected chi connectivity index (χ3v) is 4.61. The van der Waals surface area contributed by atoms with E-state index in [0.717, 1.165) is 17.5 Å². The minimum Gasteiger partial charge on any atom is -0.236 e. The van der Waals surface area contributed by atoms with Crippen LogP contribution in [-0.4, -0.2) is 9.97 Å². The number of nitrogens with zero attached hydrogens (tertiary/aromatic N) is 3. The minimum absolute atomic E-state index is 0.0187. The number of nitriles is 1. The molecule has 3 nitrogen and oxygen atoms in total. The molecule has 0 amide bonds. The van der Waals surface area contributed by atoms with Gasteiger partial charge in [0.1, 0.15) is 11.9 Å². The van der Waals surface area contributed by atoms with E-state index in [9.17, 15) is 4.39 Å². The second-order valence-corrected chi connectivity index (χ2v) is 6.61. The van der Waals surface area contributed by atoms with Gasteiger partial charge < -0.3 is 0 Å². The number of aryl methyl sites for hydroxylation is 1. The van der Waals surface area contributed by atoms with Gasteiger partial charge in [-0.05, 0) is 42.2 Å². The van der Waals surface area contributed by atoms with Crippen LogP contribution in [0.25, 0.3) is 22.5 Å². The molecule has 0 N–H and O–H groups in total. The van der Waals surface area contributed by atoms with Gasteiger partial charge in [0.05, 0.1) is 5.56 Å². The predicted octanol–water partition coefficient (Wildman–Crippen LogP) is 5.94. The number of halogens is 1. The average molecular weight is 359 g/mol. The number of hydrogen-bond donors (Lipinski definition) is 0. The summed E-state index contributed by atoms with van der Waals surface area (Å²) in [6.07, 6.45) is 9.66. The van der Waals surface area contributed by atoms with Crippen molar-refractivity contribution in [3.05, 3.63) is 71.8 Å². The third kappa shape index (κ3) is 4.77. The fourth-order valence-electron chi connectivity index (χ4n) is 2.99. The summed E-state index contributed by atoms with van der Waals surface area (Å²) in [5.74, 6) is -0.119. The minimum atomic E-state index is -0.558. The highest BCUT2D eigenvalue weighted by Crippen LogP contribution is 2.22. The number of rotatable bonds is 7. The number of aromatic nitrogens is 2. The standard InChI is InChI=1S/C23H22FN3/c1-2-3-4-5-6-17-7-9-18(10-8-17)21-15-26-23(27-16-21)19-11-12-20(14-25)22(24)13-19/h7-13,15-16H,2-6H2,1H3. The Bertz CT molecular complexity index is 925. The Kier molecular flexibility index (Phi) is 6.27. The van der Waals surface area contributed by atoms with Crippen molar-refractivity contribution in [2.45, 2.75) is 39.0 Å². The van der Waals surface area contributed by atoms with Crippen molar-refractivity contribution in [2.75, 3.05) is 0 Å². The van der Waals surface area contributed by atoms with E-state index >= 15 is 0 Å². The van der Waals surface area contributed by atoms with Crippen LogP contribution in [0.5, 0.6) is 0 Å². The molecule has 0 spiro atoms. The highest BCUT2D eigenvalue weighted by atomic mass is 19.1. The zero-order valence-corrected chi connectivity index (χ0v) is 15.5. The van der Waals surface area contributed by atoms with E-state index in [-0.39, 0.29) is 5.56 Å². The van der Waals surface area contributed by atoms with E-state index in [1.165, 1.54) is 43.4 Å². The van der Waals surface area contributed by atoms with Crippen LogP contribution in [0.2, 0.25) is 0 Å². The van der Waals surface area contributed by atoms with Crippen molar-refractivity contribution in [2.24, 2.45) is 0 Å². The van der Waals surface area contributed by atoms with Gasteiger partial charge in [-0.1, -0.05) is 50.5 Å². The molecule has 0 saturated heterocycles. The molecule has 1 heterocycles. The van der Waals surface area contributed by atoms with Gasteiger partial charge in [-0.3, -0.25) is 0 Å². The van der Waals surface area contributed by atoms with Crippen LogP contribution < -0.4 is 0 Å². The zero-order chi connectivity index (χ0) is 19.1.